The molecule has 0 aromatic heterocycles. The van der Waals surface area contributed by atoms with Gasteiger partial charge in [0.2, 0.25) is 12.8 Å². The zero-order valence-corrected chi connectivity index (χ0v) is 15.7. The van der Waals surface area contributed by atoms with E-state index in [9.17, 15) is 10.1 Å². The highest BCUT2D eigenvalue weighted by atomic mass is 16.7. The average Bonchev–Trinajstić information content (AvgIpc) is 3.06. The van der Waals surface area contributed by atoms with E-state index in [0.29, 0.717) is 17.9 Å². The van der Waals surface area contributed by atoms with E-state index < -0.39 is 6.04 Å². The Bertz CT molecular complexity index is 793. The van der Waals surface area contributed by atoms with Crippen molar-refractivity contribution in [3.63, 3.8) is 0 Å². The van der Waals surface area contributed by atoms with E-state index >= 15 is 0 Å². The molecule has 26 heavy (non-hydrogen) atoms. The fraction of sp³-hybridized carbons (Fsp3) is 0.429. The molecule has 1 aliphatic heterocycles. The molecule has 2 aromatic carbocycles. The molecule has 0 saturated heterocycles. The maximum absolute atomic E-state index is 11.7. The number of hydrogen-bond acceptors (Lipinski definition) is 4. The molecular formula is C21H25NO4. The van der Waals surface area contributed by atoms with Crippen LogP contribution in [-0.2, 0) is 5.41 Å². The molecule has 138 valence electrons. The van der Waals surface area contributed by atoms with E-state index in [2.05, 4.69) is 32.9 Å². The molecule has 5 heteroatoms. The summed E-state index contributed by atoms with van der Waals surface area (Å²) in [6.07, 6.45) is 0.452. The number of nitro groups is 1. The highest BCUT2D eigenvalue weighted by Gasteiger charge is 2.33. The molecule has 3 rings (SSSR count). The van der Waals surface area contributed by atoms with Gasteiger partial charge in [-0.05, 0) is 34.2 Å². The van der Waals surface area contributed by atoms with Crippen molar-refractivity contribution in [2.75, 3.05) is 6.79 Å². The molecule has 2 aromatic rings. The van der Waals surface area contributed by atoms with Gasteiger partial charge in [0.1, 0.15) is 0 Å². The Labute approximate surface area is 154 Å². The number of fused-ring (bicyclic) bond motifs is 1. The number of benzene rings is 2. The van der Waals surface area contributed by atoms with Crippen molar-refractivity contribution < 1.29 is 14.4 Å². The molecule has 0 fully saturated rings. The molecule has 1 heterocycles. The van der Waals surface area contributed by atoms with E-state index in [1.54, 1.807) is 0 Å². The summed E-state index contributed by atoms with van der Waals surface area (Å²) < 4.78 is 10.8. The lowest BCUT2D eigenvalue weighted by Gasteiger charge is -2.24. The first kappa shape index (κ1) is 18.2. The summed E-state index contributed by atoms with van der Waals surface area (Å²) in [5.41, 5.74) is 3.07. The smallest absolute Gasteiger partial charge is 0.231 e. The minimum atomic E-state index is -0.698. The summed E-state index contributed by atoms with van der Waals surface area (Å²) in [5.74, 6) is 1.00. The minimum absolute atomic E-state index is 0.0417. The highest BCUT2D eigenvalue weighted by Crippen LogP contribution is 2.39. The van der Waals surface area contributed by atoms with Crippen LogP contribution in [0.3, 0.4) is 0 Å². The van der Waals surface area contributed by atoms with Crippen LogP contribution in [0.15, 0.2) is 42.5 Å². The van der Waals surface area contributed by atoms with Crippen LogP contribution in [0.2, 0.25) is 0 Å². The van der Waals surface area contributed by atoms with E-state index in [0.717, 1.165) is 11.1 Å². The predicted octanol–water partition coefficient (Wildman–Crippen LogP) is 4.90. The third kappa shape index (κ3) is 3.52. The van der Waals surface area contributed by atoms with Crippen molar-refractivity contribution >= 4 is 0 Å². The van der Waals surface area contributed by atoms with Gasteiger partial charge in [0.05, 0.1) is 5.92 Å². The number of nitrogens with zero attached hydrogens (tertiary/aromatic N) is 1. The quantitative estimate of drug-likeness (QED) is 0.565. The van der Waals surface area contributed by atoms with Gasteiger partial charge in [0.15, 0.2) is 11.5 Å². The van der Waals surface area contributed by atoms with Crippen LogP contribution in [0.25, 0.3) is 0 Å². The van der Waals surface area contributed by atoms with Crippen molar-refractivity contribution in [1.29, 1.82) is 0 Å². The second-order valence-electron chi connectivity index (χ2n) is 7.72. The number of hydrogen-bond donors (Lipinski definition) is 0. The summed E-state index contributed by atoms with van der Waals surface area (Å²) in [6.45, 7) is 8.52. The lowest BCUT2D eigenvalue weighted by Crippen LogP contribution is -2.28. The summed E-state index contributed by atoms with van der Waals surface area (Å²) in [5, 5.41) is 11.7. The molecule has 0 saturated carbocycles. The van der Waals surface area contributed by atoms with Crippen LogP contribution in [0, 0.1) is 10.1 Å². The van der Waals surface area contributed by atoms with E-state index in [-0.39, 0.29) is 23.0 Å². The van der Waals surface area contributed by atoms with E-state index in [1.807, 2.05) is 37.3 Å². The van der Waals surface area contributed by atoms with Gasteiger partial charge in [-0.1, -0.05) is 58.0 Å². The lowest BCUT2D eigenvalue weighted by atomic mass is 9.81. The Morgan fingerprint density at radius 2 is 1.65 bits per heavy atom. The molecule has 0 radical (unpaired) electrons. The standard InChI is InChI=1S/C21H25NO4/c1-5-17(22(23)24)20(14-6-9-16(10-7-14)21(2,3)4)15-8-11-18-19(12-15)26-13-25-18/h6-12,17,20H,5,13H2,1-4H3. The Hall–Kier alpha value is -2.56. The Morgan fingerprint density at radius 1 is 1.04 bits per heavy atom. The second-order valence-corrected chi connectivity index (χ2v) is 7.72. The fourth-order valence-electron chi connectivity index (χ4n) is 3.44. The second kappa shape index (κ2) is 6.98. The summed E-state index contributed by atoms with van der Waals surface area (Å²) in [4.78, 5) is 11.6. The molecule has 0 aliphatic carbocycles. The molecule has 0 N–H and O–H groups in total. The Kier molecular flexibility index (Phi) is 4.90. The Balaban J connectivity index is 2.05. The van der Waals surface area contributed by atoms with Gasteiger partial charge < -0.3 is 9.47 Å². The number of ether oxygens (including phenoxy) is 2. The van der Waals surface area contributed by atoms with Gasteiger partial charge in [0.25, 0.3) is 0 Å². The topological polar surface area (TPSA) is 61.6 Å². The first-order valence-electron chi connectivity index (χ1n) is 8.94. The molecule has 0 spiro atoms. The van der Waals surface area contributed by atoms with Crippen LogP contribution in [-0.4, -0.2) is 17.8 Å². The third-order valence-electron chi connectivity index (χ3n) is 4.97. The first-order chi connectivity index (χ1) is 12.3. The first-order valence-corrected chi connectivity index (χ1v) is 8.94. The van der Waals surface area contributed by atoms with Gasteiger partial charge in [-0.3, -0.25) is 10.1 Å². The molecule has 0 amide bonds. The largest absolute Gasteiger partial charge is 0.454 e. The summed E-state index contributed by atoms with van der Waals surface area (Å²) >= 11 is 0. The highest BCUT2D eigenvalue weighted by molar-refractivity contribution is 5.48. The molecule has 2 atom stereocenters. The summed E-state index contributed by atoms with van der Waals surface area (Å²) in [6, 6.07) is 13.1. The van der Waals surface area contributed by atoms with Crippen LogP contribution in [0.1, 0.15) is 56.7 Å². The molecular weight excluding hydrogens is 330 g/mol. The van der Waals surface area contributed by atoms with Crippen LogP contribution in [0.4, 0.5) is 0 Å². The fourth-order valence-corrected chi connectivity index (χ4v) is 3.44. The monoisotopic (exact) mass is 355 g/mol. The van der Waals surface area contributed by atoms with Gasteiger partial charge >= 0.3 is 0 Å². The third-order valence-corrected chi connectivity index (χ3v) is 4.97. The molecule has 5 nitrogen and oxygen atoms in total. The van der Waals surface area contributed by atoms with E-state index in [4.69, 9.17) is 9.47 Å². The van der Waals surface area contributed by atoms with Crippen LogP contribution >= 0.6 is 0 Å². The van der Waals surface area contributed by atoms with Crippen molar-refractivity contribution in [2.45, 2.75) is 51.5 Å². The predicted molar refractivity (Wildman–Crippen MR) is 101 cm³/mol. The number of rotatable bonds is 5. The zero-order valence-electron chi connectivity index (χ0n) is 15.7. The minimum Gasteiger partial charge on any atom is -0.454 e. The maximum Gasteiger partial charge on any atom is 0.231 e. The van der Waals surface area contributed by atoms with Gasteiger partial charge in [-0.2, -0.15) is 0 Å². The van der Waals surface area contributed by atoms with Crippen molar-refractivity contribution in [1.82, 2.24) is 0 Å². The van der Waals surface area contributed by atoms with E-state index in [1.165, 1.54) is 5.56 Å². The molecule has 2 unspecified atom stereocenters. The van der Waals surface area contributed by atoms with Gasteiger partial charge in [-0.15, -0.1) is 0 Å². The molecule has 1 aliphatic rings. The van der Waals surface area contributed by atoms with Gasteiger partial charge in [0, 0.05) is 11.3 Å². The van der Waals surface area contributed by atoms with Crippen LogP contribution in [0.5, 0.6) is 11.5 Å². The SMILES string of the molecule is CCC(C(c1ccc(C(C)(C)C)cc1)c1ccc2c(c1)OCO2)[N+](=O)[O-]. The van der Waals surface area contributed by atoms with Crippen molar-refractivity contribution in [3.8, 4) is 11.5 Å². The summed E-state index contributed by atoms with van der Waals surface area (Å²) in [7, 11) is 0. The van der Waals surface area contributed by atoms with Crippen LogP contribution < -0.4 is 9.47 Å². The van der Waals surface area contributed by atoms with Gasteiger partial charge in [-0.25, -0.2) is 0 Å². The lowest BCUT2D eigenvalue weighted by molar-refractivity contribution is -0.525. The average molecular weight is 355 g/mol. The van der Waals surface area contributed by atoms with Crippen molar-refractivity contribution in [2.24, 2.45) is 0 Å². The Morgan fingerprint density at radius 3 is 2.23 bits per heavy atom. The van der Waals surface area contributed by atoms with Crippen molar-refractivity contribution in [3.05, 3.63) is 69.3 Å². The maximum atomic E-state index is 11.7. The zero-order chi connectivity index (χ0) is 18.9. The normalized spacial score (nSPS) is 15.5. The molecule has 0 bridgehead atoms.